The van der Waals surface area contributed by atoms with Crippen LogP contribution in [0.5, 0.6) is 0 Å². The zero-order valence-corrected chi connectivity index (χ0v) is 14.5. The minimum Gasteiger partial charge on any atom is -0.354 e. The Morgan fingerprint density at radius 3 is 2.70 bits per heavy atom. The largest absolute Gasteiger partial charge is 0.354 e. The van der Waals surface area contributed by atoms with Gasteiger partial charge in [0.2, 0.25) is 0 Å². The number of nitrogens with zero attached hydrogens (tertiary/aromatic N) is 6. The van der Waals surface area contributed by atoms with Gasteiger partial charge < -0.3 is 4.90 Å². The van der Waals surface area contributed by atoms with Crippen LogP contribution in [0.4, 0.5) is 20.8 Å². The summed E-state index contributed by atoms with van der Waals surface area (Å²) in [6, 6.07) is 10.9. The number of alkyl halides is 1. The molecule has 0 bridgehead atoms. The first-order chi connectivity index (χ1) is 13.2. The van der Waals surface area contributed by atoms with E-state index in [2.05, 4.69) is 15.1 Å². The molecule has 0 radical (unpaired) electrons. The number of halogens is 1. The highest BCUT2D eigenvalue weighted by atomic mass is 19.1. The van der Waals surface area contributed by atoms with E-state index in [-0.39, 0.29) is 6.03 Å². The Morgan fingerprint density at radius 2 is 2.04 bits per heavy atom. The molecule has 1 fully saturated rings. The lowest BCUT2D eigenvalue weighted by Crippen LogP contribution is -2.27. The third kappa shape index (κ3) is 2.73. The first-order valence-electron chi connectivity index (χ1n) is 8.86. The fraction of sp³-hybridized carbons (Fsp3) is 0.263. The standard InChI is InChI=1S/C19H17FN6O/c20-14-6-8-24(11-14)17-5-4-13(10-22-17)16-9-15-12-25(19(27)26(15)23-16)18-3-1-2-7-21-18/h1-5,7,9-10,14H,6,8,11-12H2/t14-/m0/s1. The van der Waals surface area contributed by atoms with Gasteiger partial charge in [0, 0.05) is 24.5 Å². The molecule has 1 saturated heterocycles. The van der Waals surface area contributed by atoms with Crippen LogP contribution in [0, 0.1) is 0 Å². The second kappa shape index (κ2) is 6.15. The fourth-order valence-corrected chi connectivity index (χ4v) is 3.53. The molecule has 0 N–H and O–H groups in total. The number of anilines is 2. The summed E-state index contributed by atoms with van der Waals surface area (Å²) in [6.07, 6.45) is 3.15. The van der Waals surface area contributed by atoms with Crippen molar-refractivity contribution in [2.24, 2.45) is 0 Å². The van der Waals surface area contributed by atoms with E-state index in [1.807, 2.05) is 35.2 Å². The highest BCUT2D eigenvalue weighted by Crippen LogP contribution is 2.28. The summed E-state index contributed by atoms with van der Waals surface area (Å²) in [5.41, 5.74) is 2.33. The first kappa shape index (κ1) is 15.9. The normalized spacial score (nSPS) is 19.0. The Bertz CT molecular complexity index is 987. The Hall–Kier alpha value is -3.29. The molecule has 3 aromatic rings. The number of carbonyl (C=O) groups is 1. The number of aromatic nitrogens is 4. The topological polar surface area (TPSA) is 67.2 Å². The van der Waals surface area contributed by atoms with Gasteiger partial charge in [0.15, 0.2) is 0 Å². The molecule has 27 heavy (non-hydrogen) atoms. The van der Waals surface area contributed by atoms with Crippen molar-refractivity contribution in [3.63, 3.8) is 0 Å². The molecule has 5 rings (SSSR count). The summed E-state index contributed by atoms with van der Waals surface area (Å²) in [7, 11) is 0. The van der Waals surface area contributed by atoms with Gasteiger partial charge in [-0.05, 0) is 36.8 Å². The molecule has 3 aromatic heterocycles. The summed E-state index contributed by atoms with van der Waals surface area (Å²) in [5, 5.41) is 4.44. The van der Waals surface area contributed by atoms with Crippen molar-refractivity contribution in [1.29, 1.82) is 0 Å². The molecule has 1 atom stereocenters. The van der Waals surface area contributed by atoms with E-state index in [1.54, 1.807) is 23.4 Å². The van der Waals surface area contributed by atoms with Gasteiger partial charge in [0.1, 0.15) is 17.8 Å². The third-order valence-electron chi connectivity index (χ3n) is 4.94. The summed E-state index contributed by atoms with van der Waals surface area (Å²) in [4.78, 5) is 24.8. The molecule has 5 heterocycles. The van der Waals surface area contributed by atoms with Crippen molar-refractivity contribution in [2.75, 3.05) is 22.9 Å². The first-order valence-corrected chi connectivity index (χ1v) is 8.86. The van der Waals surface area contributed by atoms with Gasteiger partial charge >= 0.3 is 6.03 Å². The van der Waals surface area contributed by atoms with Gasteiger partial charge in [-0.15, -0.1) is 0 Å². The van der Waals surface area contributed by atoms with E-state index in [9.17, 15) is 9.18 Å². The van der Waals surface area contributed by atoms with Crippen molar-refractivity contribution in [3.8, 4) is 11.3 Å². The Labute approximate surface area is 155 Å². The molecule has 0 unspecified atom stereocenters. The molecule has 1 amide bonds. The maximum Gasteiger partial charge on any atom is 0.351 e. The molecule has 136 valence electrons. The molecule has 0 aliphatic carbocycles. The lowest BCUT2D eigenvalue weighted by molar-refractivity contribution is 0.248. The van der Waals surface area contributed by atoms with Crippen LogP contribution in [0.1, 0.15) is 12.1 Å². The van der Waals surface area contributed by atoms with Crippen molar-refractivity contribution in [3.05, 3.63) is 54.5 Å². The van der Waals surface area contributed by atoms with Crippen molar-refractivity contribution in [1.82, 2.24) is 19.7 Å². The minimum atomic E-state index is -0.782. The lowest BCUT2D eigenvalue weighted by atomic mass is 10.2. The molecular weight excluding hydrogens is 347 g/mol. The van der Waals surface area contributed by atoms with Crippen molar-refractivity contribution >= 4 is 17.7 Å². The second-order valence-electron chi connectivity index (χ2n) is 6.73. The zero-order valence-electron chi connectivity index (χ0n) is 14.5. The number of hydrogen-bond donors (Lipinski definition) is 0. The van der Waals surface area contributed by atoms with Crippen LogP contribution in [0.3, 0.4) is 0 Å². The van der Waals surface area contributed by atoms with Gasteiger partial charge in [-0.25, -0.2) is 19.2 Å². The summed E-state index contributed by atoms with van der Waals surface area (Å²) in [5.74, 6) is 1.38. The zero-order chi connectivity index (χ0) is 18.4. The SMILES string of the molecule is O=C1N(c2ccccn2)Cc2cc(-c3ccc(N4CC[C@H](F)C4)nc3)nn21. The number of pyridine rings is 2. The maximum atomic E-state index is 13.4. The average molecular weight is 364 g/mol. The van der Waals surface area contributed by atoms with Crippen LogP contribution in [0.2, 0.25) is 0 Å². The molecular formula is C19H17FN6O. The van der Waals surface area contributed by atoms with E-state index in [1.165, 1.54) is 4.68 Å². The molecule has 0 aromatic carbocycles. The molecule has 0 spiro atoms. The quantitative estimate of drug-likeness (QED) is 0.715. The van der Waals surface area contributed by atoms with Crippen LogP contribution < -0.4 is 9.80 Å². The minimum absolute atomic E-state index is 0.217. The van der Waals surface area contributed by atoms with Crippen molar-refractivity contribution in [2.45, 2.75) is 19.1 Å². The van der Waals surface area contributed by atoms with E-state index in [0.717, 1.165) is 17.1 Å². The molecule has 0 saturated carbocycles. The number of carbonyl (C=O) groups excluding carboxylic acids is 1. The van der Waals surface area contributed by atoms with E-state index in [4.69, 9.17) is 0 Å². The number of amides is 1. The van der Waals surface area contributed by atoms with Gasteiger partial charge in [0.25, 0.3) is 0 Å². The Balaban J connectivity index is 1.37. The van der Waals surface area contributed by atoms with Crippen LogP contribution in [0.15, 0.2) is 48.8 Å². The van der Waals surface area contributed by atoms with E-state index in [0.29, 0.717) is 37.6 Å². The van der Waals surface area contributed by atoms with Crippen LogP contribution >= 0.6 is 0 Å². The Kier molecular flexibility index (Phi) is 3.63. The van der Waals surface area contributed by atoms with Gasteiger partial charge in [-0.3, -0.25) is 4.90 Å². The highest BCUT2D eigenvalue weighted by molar-refractivity contribution is 5.95. The fourth-order valence-electron chi connectivity index (χ4n) is 3.53. The highest BCUT2D eigenvalue weighted by Gasteiger charge is 2.31. The second-order valence-corrected chi connectivity index (χ2v) is 6.73. The maximum absolute atomic E-state index is 13.4. The van der Waals surface area contributed by atoms with Crippen LogP contribution in [0.25, 0.3) is 11.3 Å². The predicted octanol–water partition coefficient (Wildman–Crippen LogP) is 2.88. The summed E-state index contributed by atoms with van der Waals surface area (Å²) < 4.78 is 14.8. The average Bonchev–Trinajstić information content (AvgIpc) is 3.39. The number of rotatable bonds is 3. The van der Waals surface area contributed by atoms with Gasteiger partial charge in [-0.1, -0.05) is 6.07 Å². The van der Waals surface area contributed by atoms with Gasteiger partial charge in [-0.2, -0.15) is 9.78 Å². The monoisotopic (exact) mass is 364 g/mol. The Morgan fingerprint density at radius 1 is 1.11 bits per heavy atom. The van der Waals surface area contributed by atoms with E-state index < -0.39 is 6.17 Å². The summed E-state index contributed by atoms with van der Waals surface area (Å²) >= 11 is 0. The van der Waals surface area contributed by atoms with Crippen LogP contribution in [-0.2, 0) is 6.54 Å². The molecule has 2 aliphatic heterocycles. The lowest BCUT2D eigenvalue weighted by Gasteiger charge is -2.16. The predicted molar refractivity (Wildman–Crippen MR) is 98.4 cm³/mol. The third-order valence-corrected chi connectivity index (χ3v) is 4.94. The smallest absolute Gasteiger partial charge is 0.351 e. The van der Waals surface area contributed by atoms with Crippen molar-refractivity contribution < 1.29 is 9.18 Å². The number of hydrogen-bond acceptors (Lipinski definition) is 5. The molecule has 2 aliphatic rings. The summed E-state index contributed by atoms with van der Waals surface area (Å²) in [6.45, 7) is 1.51. The number of fused-ring (bicyclic) bond motifs is 1. The van der Waals surface area contributed by atoms with Gasteiger partial charge in [0.05, 0.1) is 24.5 Å². The van der Waals surface area contributed by atoms with E-state index >= 15 is 0 Å². The van der Waals surface area contributed by atoms with Crippen LogP contribution in [-0.4, -0.2) is 45.0 Å². The molecule has 7 nitrogen and oxygen atoms in total. The molecule has 8 heteroatoms.